The standard InChI is InChI=1S/C24H25F3N6.ClH/c1-15(2)33-13-20(17-4-3-5-18(12-17)24(25,26)27)31-22(33)16-7-10-32(11-8-16)23-19-6-9-28-21(19)29-14-30-23;/h3-6,9,12-16H,7-8,10-11H2,1-2H3,(H,28,29,30);1H. The topological polar surface area (TPSA) is 62.6 Å². The van der Waals surface area contributed by atoms with Crippen molar-refractivity contribution in [3.8, 4) is 11.3 Å². The zero-order valence-electron chi connectivity index (χ0n) is 18.9. The molecule has 0 atom stereocenters. The number of fused-ring (bicyclic) bond motifs is 1. The number of alkyl halides is 3. The Labute approximate surface area is 201 Å². The molecule has 1 aromatic carbocycles. The summed E-state index contributed by atoms with van der Waals surface area (Å²) in [4.78, 5) is 19.0. The molecule has 0 spiro atoms. The molecule has 34 heavy (non-hydrogen) atoms. The van der Waals surface area contributed by atoms with Crippen LogP contribution in [-0.4, -0.2) is 37.6 Å². The fourth-order valence-electron chi connectivity index (χ4n) is 4.58. The summed E-state index contributed by atoms with van der Waals surface area (Å²) in [7, 11) is 0. The third kappa shape index (κ3) is 4.49. The lowest BCUT2D eigenvalue weighted by Gasteiger charge is -2.33. The SMILES string of the molecule is CC(C)n1cc(-c2cccc(C(F)(F)F)c2)nc1C1CCN(c2ncnc3[nH]ccc23)CC1.Cl. The molecule has 0 amide bonds. The van der Waals surface area contributed by atoms with Gasteiger partial charge in [0.2, 0.25) is 0 Å². The molecule has 5 rings (SSSR count). The van der Waals surface area contributed by atoms with E-state index >= 15 is 0 Å². The number of imidazole rings is 1. The number of rotatable bonds is 4. The summed E-state index contributed by atoms with van der Waals surface area (Å²) in [5.41, 5.74) is 1.23. The molecular weight excluding hydrogens is 465 g/mol. The Kier molecular flexibility index (Phi) is 6.58. The average molecular weight is 491 g/mol. The van der Waals surface area contributed by atoms with Crippen molar-refractivity contribution in [2.45, 2.75) is 44.8 Å². The van der Waals surface area contributed by atoms with E-state index in [2.05, 4.69) is 38.3 Å². The van der Waals surface area contributed by atoms with Crippen LogP contribution in [0.1, 0.15) is 50.0 Å². The largest absolute Gasteiger partial charge is 0.416 e. The van der Waals surface area contributed by atoms with Crippen LogP contribution in [0.3, 0.4) is 0 Å². The summed E-state index contributed by atoms with van der Waals surface area (Å²) in [6, 6.07) is 7.54. The Morgan fingerprint density at radius 3 is 2.56 bits per heavy atom. The van der Waals surface area contributed by atoms with Crippen molar-refractivity contribution in [3.05, 3.63) is 60.4 Å². The van der Waals surface area contributed by atoms with Crippen molar-refractivity contribution in [1.29, 1.82) is 0 Å². The van der Waals surface area contributed by atoms with Crippen LogP contribution in [0, 0.1) is 0 Å². The molecule has 4 heterocycles. The number of piperidine rings is 1. The van der Waals surface area contributed by atoms with Crippen molar-refractivity contribution >= 4 is 29.3 Å². The first-order valence-electron chi connectivity index (χ1n) is 11.1. The molecule has 1 saturated heterocycles. The highest BCUT2D eigenvalue weighted by molar-refractivity contribution is 5.87. The molecule has 1 N–H and O–H groups in total. The molecule has 0 saturated carbocycles. The van der Waals surface area contributed by atoms with Crippen LogP contribution in [0.15, 0.2) is 49.1 Å². The van der Waals surface area contributed by atoms with E-state index in [4.69, 9.17) is 4.98 Å². The molecule has 0 radical (unpaired) electrons. The number of aromatic nitrogens is 5. The number of H-pyrrole nitrogens is 1. The maximum absolute atomic E-state index is 13.2. The van der Waals surface area contributed by atoms with Gasteiger partial charge in [0.25, 0.3) is 0 Å². The van der Waals surface area contributed by atoms with E-state index in [-0.39, 0.29) is 24.4 Å². The lowest BCUT2D eigenvalue weighted by Crippen LogP contribution is -2.34. The number of hydrogen-bond donors (Lipinski definition) is 1. The second kappa shape index (κ2) is 9.29. The fraction of sp³-hybridized carbons (Fsp3) is 0.375. The predicted molar refractivity (Wildman–Crippen MR) is 128 cm³/mol. The molecule has 3 aromatic heterocycles. The van der Waals surface area contributed by atoms with Gasteiger partial charge in [-0.1, -0.05) is 12.1 Å². The van der Waals surface area contributed by atoms with E-state index in [9.17, 15) is 13.2 Å². The Balaban J connectivity index is 0.00000274. The first kappa shape index (κ1) is 24.1. The molecule has 6 nitrogen and oxygen atoms in total. The van der Waals surface area contributed by atoms with Gasteiger partial charge in [0.15, 0.2) is 0 Å². The van der Waals surface area contributed by atoms with Crippen molar-refractivity contribution in [3.63, 3.8) is 0 Å². The summed E-state index contributed by atoms with van der Waals surface area (Å²) in [6.45, 7) is 5.79. The Hall–Kier alpha value is -3.07. The van der Waals surface area contributed by atoms with Gasteiger partial charge < -0.3 is 14.5 Å². The summed E-state index contributed by atoms with van der Waals surface area (Å²) < 4.78 is 41.7. The van der Waals surface area contributed by atoms with Gasteiger partial charge >= 0.3 is 6.18 Å². The number of nitrogens with zero attached hydrogens (tertiary/aromatic N) is 5. The van der Waals surface area contributed by atoms with E-state index in [0.717, 1.165) is 54.7 Å². The Morgan fingerprint density at radius 1 is 1.09 bits per heavy atom. The van der Waals surface area contributed by atoms with Crippen LogP contribution in [-0.2, 0) is 6.18 Å². The van der Waals surface area contributed by atoms with E-state index in [1.54, 1.807) is 12.4 Å². The van der Waals surface area contributed by atoms with Crippen molar-refractivity contribution in [1.82, 2.24) is 24.5 Å². The number of nitrogens with one attached hydrogen (secondary N) is 1. The van der Waals surface area contributed by atoms with Gasteiger partial charge in [-0.05, 0) is 44.9 Å². The fourth-order valence-corrected chi connectivity index (χ4v) is 4.58. The normalized spacial score (nSPS) is 15.2. The molecule has 10 heteroatoms. The average Bonchev–Trinajstić information content (AvgIpc) is 3.46. The van der Waals surface area contributed by atoms with Crippen molar-refractivity contribution < 1.29 is 13.2 Å². The Morgan fingerprint density at radius 2 is 1.85 bits per heavy atom. The molecule has 180 valence electrons. The monoisotopic (exact) mass is 490 g/mol. The van der Waals surface area contributed by atoms with Crippen molar-refractivity contribution in [2.24, 2.45) is 0 Å². The second-order valence-electron chi connectivity index (χ2n) is 8.76. The zero-order chi connectivity index (χ0) is 23.2. The predicted octanol–water partition coefficient (Wildman–Crippen LogP) is 6.23. The minimum absolute atomic E-state index is 0. The number of anilines is 1. The lowest BCUT2D eigenvalue weighted by molar-refractivity contribution is -0.137. The van der Waals surface area contributed by atoms with Crippen LogP contribution >= 0.6 is 12.4 Å². The van der Waals surface area contributed by atoms with Gasteiger partial charge in [0.1, 0.15) is 23.6 Å². The molecule has 1 aliphatic heterocycles. The third-order valence-corrected chi connectivity index (χ3v) is 6.30. The number of halogens is 4. The van der Waals surface area contributed by atoms with Gasteiger partial charge in [0, 0.05) is 43.0 Å². The van der Waals surface area contributed by atoms with Crippen LogP contribution in [0.2, 0.25) is 0 Å². The van der Waals surface area contributed by atoms with Gasteiger partial charge in [-0.15, -0.1) is 12.4 Å². The van der Waals surface area contributed by atoms with E-state index in [0.29, 0.717) is 11.3 Å². The summed E-state index contributed by atoms with van der Waals surface area (Å²) >= 11 is 0. The Bertz CT molecular complexity index is 1270. The first-order valence-corrected chi connectivity index (χ1v) is 11.1. The van der Waals surface area contributed by atoms with Crippen LogP contribution in [0.4, 0.5) is 19.0 Å². The highest BCUT2D eigenvalue weighted by Crippen LogP contribution is 2.36. The number of benzene rings is 1. The molecule has 4 aromatic rings. The minimum atomic E-state index is -4.38. The molecule has 1 aliphatic rings. The second-order valence-corrected chi connectivity index (χ2v) is 8.76. The van der Waals surface area contributed by atoms with E-state index in [1.807, 2.05) is 18.5 Å². The molecule has 0 unspecified atom stereocenters. The third-order valence-electron chi connectivity index (χ3n) is 6.30. The van der Waals surface area contributed by atoms with Gasteiger partial charge in [0.05, 0.1) is 16.6 Å². The highest BCUT2D eigenvalue weighted by atomic mass is 35.5. The minimum Gasteiger partial charge on any atom is -0.356 e. The van der Waals surface area contributed by atoms with Gasteiger partial charge in [-0.2, -0.15) is 13.2 Å². The molecular formula is C24H26ClF3N6. The van der Waals surface area contributed by atoms with E-state index in [1.165, 1.54) is 12.1 Å². The maximum atomic E-state index is 13.2. The smallest absolute Gasteiger partial charge is 0.356 e. The first-order chi connectivity index (χ1) is 15.8. The summed E-state index contributed by atoms with van der Waals surface area (Å²) in [5, 5.41) is 1.01. The van der Waals surface area contributed by atoms with Crippen LogP contribution in [0.25, 0.3) is 22.3 Å². The number of hydrogen-bond acceptors (Lipinski definition) is 4. The van der Waals surface area contributed by atoms with Crippen LogP contribution < -0.4 is 4.90 Å². The quantitative estimate of drug-likeness (QED) is 0.368. The van der Waals surface area contributed by atoms with Gasteiger partial charge in [-0.25, -0.2) is 15.0 Å². The molecule has 0 aliphatic carbocycles. The number of aromatic amines is 1. The lowest BCUT2D eigenvalue weighted by atomic mass is 9.95. The van der Waals surface area contributed by atoms with Gasteiger partial charge in [-0.3, -0.25) is 0 Å². The van der Waals surface area contributed by atoms with Crippen molar-refractivity contribution in [2.75, 3.05) is 18.0 Å². The van der Waals surface area contributed by atoms with E-state index < -0.39 is 11.7 Å². The zero-order valence-corrected chi connectivity index (χ0v) is 19.7. The summed E-state index contributed by atoms with van der Waals surface area (Å²) in [6.07, 6.45) is 2.73. The summed E-state index contributed by atoms with van der Waals surface area (Å²) in [5.74, 6) is 2.09. The van der Waals surface area contributed by atoms with Crippen LogP contribution in [0.5, 0.6) is 0 Å². The highest BCUT2D eigenvalue weighted by Gasteiger charge is 2.31. The molecule has 0 bridgehead atoms. The molecule has 1 fully saturated rings. The maximum Gasteiger partial charge on any atom is 0.416 e.